The lowest BCUT2D eigenvalue weighted by atomic mass is 10.3. The van der Waals surface area contributed by atoms with Crippen molar-refractivity contribution < 1.29 is 0 Å². The monoisotopic (exact) mass is 372 g/mol. The van der Waals surface area contributed by atoms with Crippen LogP contribution < -0.4 is 21.2 Å². The van der Waals surface area contributed by atoms with Crippen molar-refractivity contribution in [3.05, 3.63) is 60.4 Å². The molecule has 3 N–H and O–H groups in total. The van der Waals surface area contributed by atoms with Gasteiger partial charge in [0.25, 0.3) is 0 Å². The predicted octanol–water partition coefficient (Wildman–Crippen LogP) is 2.59. The highest BCUT2D eigenvalue weighted by Crippen LogP contribution is 2.12. The molecule has 0 fully saturated rings. The van der Waals surface area contributed by atoms with Crippen LogP contribution in [0.5, 0.6) is 0 Å². The molecule has 0 saturated heterocycles. The van der Waals surface area contributed by atoms with Crippen molar-refractivity contribution in [3.63, 3.8) is 0 Å². The van der Waals surface area contributed by atoms with E-state index in [1.165, 1.54) is 0 Å². The first-order valence-electron chi connectivity index (χ1n) is 7.76. The Kier molecular flexibility index (Phi) is 7.24. The van der Waals surface area contributed by atoms with E-state index < -0.39 is 0 Å². The van der Waals surface area contributed by atoms with Crippen molar-refractivity contribution in [3.8, 4) is 0 Å². The highest BCUT2D eigenvalue weighted by molar-refractivity contribution is 7.80. The Labute approximate surface area is 158 Å². The van der Waals surface area contributed by atoms with Gasteiger partial charge in [-0.25, -0.2) is 0 Å². The van der Waals surface area contributed by atoms with Crippen LogP contribution in [0.4, 0.5) is 5.69 Å². The van der Waals surface area contributed by atoms with Gasteiger partial charge >= 0.3 is 0 Å². The first kappa shape index (κ1) is 18.8. The van der Waals surface area contributed by atoms with Crippen LogP contribution in [-0.2, 0) is 0 Å². The molecule has 1 aromatic carbocycles. The minimum atomic E-state index is 0.307. The summed E-state index contributed by atoms with van der Waals surface area (Å²) < 4.78 is 0. The molecule has 25 heavy (non-hydrogen) atoms. The Bertz CT molecular complexity index is 733. The summed E-state index contributed by atoms with van der Waals surface area (Å²) in [6.45, 7) is 4.61. The SMILES string of the molecule is CCN(C(=S)NNC(=S)NN=C(C)c1ccccn1)c1ccccc1. The quantitative estimate of drug-likeness (QED) is 0.433. The van der Waals surface area contributed by atoms with Crippen LogP contribution in [0.15, 0.2) is 59.8 Å². The Balaban J connectivity index is 1.86. The third kappa shape index (κ3) is 5.77. The van der Waals surface area contributed by atoms with Gasteiger partial charge in [-0.3, -0.25) is 21.3 Å². The molecule has 0 atom stereocenters. The van der Waals surface area contributed by atoms with Gasteiger partial charge in [0, 0.05) is 18.4 Å². The minimum absolute atomic E-state index is 0.307. The summed E-state index contributed by atoms with van der Waals surface area (Å²) in [4.78, 5) is 6.17. The fourth-order valence-corrected chi connectivity index (χ4v) is 2.41. The van der Waals surface area contributed by atoms with Gasteiger partial charge in [0.2, 0.25) is 5.11 Å². The van der Waals surface area contributed by atoms with Crippen LogP contribution in [0.3, 0.4) is 0 Å². The topological polar surface area (TPSA) is 64.6 Å². The molecular formula is C17H20N6S2. The predicted molar refractivity (Wildman–Crippen MR) is 111 cm³/mol. The van der Waals surface area contributed by atoms with E-state index >= 15 is 0 Å². The molecule has 0 aliphatic rings. The van der Waals surface area contributed by atoms with Crippen LogP contribution in [0.1, 0.15) is 19.5 Å². The molecule has 2 aromatic rings. The van der Waals surface area contributed by atoms with E-state index in [1.807, 2.05) is 67.3 Å². The lowest BCUT2D eigenvalue weighted by Crippen LogP contribution is -2.51. The van der Waals surface area contributed by atoms with Crippen LogP contribution in [0.25, 0.3) is 0 Å². The number of hydrazine groups is 1. The standard InChI is InChI=1S/C17H20N6S2/c1-3-23(14-9-5-4-6-10-14)17(25)22-21-16(24)20-19-13(2)15-11-7-8-12-18-15/h4-12H,3H2,1-2H3,(H,22,25)(H2,20,21,24). The molecule has 6 nitrogen and oxygen atoms in total. The molecule has 0 spiro atoms. The second-order valence-corrected chi connectivity index (χ2v) is 5.78. The summed E-state index contributed by atoms with van der Waals surface area (Å²) in [5, 5.41) is 5.02. The summed E-state index contributed by atoms with van der Waals surface area (Å²) in [5.41, 5.74) is 11.0. The summed E-state index contributed by atoms with van der Waals surface area (Å²) in [7, 11) is 0. The lowest BCUT2D eigenvalue weighted by Gasteiger charge is -2.24. The Morgan fingerprint density at radius 2 is 1.80 bits per heavy atom. The number of nitrogens with zero attached hydrogens (tertiary/aromatic N) is 3. The van der Waals surface area contributed by atoms with E-state index in [2.05, 4.69) is 26.4 Å². The van der Waals surface area contributed by atoms with Crippen molar-refractivity contribution in [2.45, 2.75) is 13.8 Å². The van der Waals surface area contributed by atoms with Gasteiger partial charge in [-0.05, 0) is 62.5 Å². The van der Waals surface area contributed by atoms with E-state index in [-0.39, 0.29) is 0 Å². The van der Waals surface area contributed by atoms with Gasteiger partial charge in [-0.2, -0.15) is 5.10 Å². The van der Waals surface area contributed by atoms with E-state index in [0.29, 0.717) is 10.2 Å². The average molecular weight is 373 g/mol. The van der Waals surface area contributed by atoms with Crippen LogP contribution in [0, 0.1) is 0 Å². The zero-order valence-electron chi connectivity index (χ0n) is 14.1. The molecule has 0 amide bonds. The molecule has 2 rings (SSSR count). The van der Waals surface area contributed by atoms with E-state index in [9.17, 15) is 0 Å². The molecule has 130 valence electrons. The van der Waals surface area contributed by atoms with E-state index in [0.717, 1.165) is 23.6 Å². The number of anilines is 1. The summed E-state index contributed by atoms with van der Waals surface area (Å²) in [5.74, 6) is 0. The van der Waals surface area contributed by atoms with Gasteiger partial charge in [0.05, 0.1) is 11.4 Å². The summed E-state index contributed by atoms with van der Waals surface area (Å²) in [6.07, 6.45) is 1.72. The number of hydrazone groups is 1. The Hall–Kier alpha value is -2.58. The second kappa shape index (κ2) is 9.65. The number of hydrogen-bond acceptors (Lipinski definition) is 4. The number of aromatic nitrogens is 1. The van der Waals surface area contributed by atoms with Crippen LogP contribution in [-0.4, -0.2) is 27.5 Å². The number of pyridine rings is 1. The normalized spacial score (nSPS) is 10.7. The van der Waals surface area contributed by atoms with Gasteiger partial charge in [-0.15, -0.1) is 0 Å². The number of rotatable bonds is 4. The third-order valence-corrected chi connectivity index (χ3v) is 3.79. The van der Waals surface area contributed by atoms with Crippen LogP contribution in [0.2, 0.25) is 0 Å². The number of thiocarbonyl (C=S) groups is 2. The average Bonchev–Trinajstić information content (AvgIpc) is 2.66. The fraction of sp³-hybridized carbons (Fsp3) is 0.176. The molecule has 1 heterocycles. The Morgan fingerprint density at radius 1 is 1.08 bits per heavy atom. The highest BCUT2D eigenvalue weighted by Gasteiger charge is 2.09. The fourth-order valence-electron chi connectivity index (χ4n) is 2.03. The zero-order valence-corrected chi connectivity index (χ0v) is 15.7. The molecule has 0 radical (unpaired) electrons. The van der Waals surface area contributed by atoms with Crippen molar-refractivity contribution in [1.82, 2.24) is 21.3 Å². The number of para-hydroxylation sites is 1. The maximum atomic E-state index is 5.41. The maximum absolute atomic E-state index is 5.41. The maximum Gasteiger partial charge on any atom is 0.205 e. The summed E-state index contributed by atoms with van der Waals surface area (Å²) >= 11 is 10.6. The Morgan fingerprint density at radius 3 is 2.44 bits per heavy atom. The molecule has 0 bridgehead atoms. The molecule has 8 heteroatoms. The van der Waals surface area contributed by atoms with Crippen LogP contribution >= 0.6 is 24.4 Å². The number of hydrogen-bond donors (Lipinski definition) is 3. The number of benzene rings is 1. The van der Waals surface area contributed by atoms with Gasteiger partial charge in [-0.1, -0.05) is 24.3 Å². The smallest absolute Gasteiger partial charge is 0.205 e. The third-order valence-electron chi connectivity index (χ3n) is 3.27. The van der Waals surface area contributed by atoms with Gasteiger partial charge < -0.3 is 4.90 Å². The minimum Gasteiger partial charge on any atom is -0.318 e. The molecule has 0 aliphatic carbocycles. The molecule has 1 aromatic heterocycles. The summed E-state index contributed by atoms with van der Waals surface area (Å²) in [6, 6.07) is 15.5. The largest absolute Gasteiger partial charge is 0.318 e. The molecule has 0 unspecified atom stereocenters. The van der Waals surface area contributed by atoms with Crippen molar-refractivity contribution >= 4 is 46.1 Å². The number of nitrogens with one attached hydrogen (secondary N) is 3. The van der Waals surface area contributed by atoms with Crippen molar-refractivity contribution in [2.75, 3.05) is 11.4 Å². The van der Waals surface area contributed by atoms with E-state index in [4.69, 9.17) is 24.4 Å². The van der Waals surface area contributed by atoms with Gasteiger partial charge in [0.15, 0.2) is 5.11 Å². The van der Waals surface area contributed by atoms with Crippen molar-refractivity contribution in [1.29, 1.82) is 0 Å². The van der Waals surface area contributed by atoms with E-state index in [1.54, 1.807) is 6.20 Å². The lowest BCUT2D eigenvalue weighted by molar-refractivity contribution is 0.815. The highest BCUT2D eigenvalue weighted by atomic mass is 32.1. The first-order chi connectivity index (χ1) is 12.1. The zero-order chi connectivity index (χ0) is 18.1. The van der Waals surface area contributed by atoms with Crippen molar-refractivity contribution in [2.24, 2.45) is 5.10 Å². The molecule has 0 aliphatic heterocycles. The second-order valence-electron chi connectivity index (χ2n) is 4.99. The molecule has 0 saturated carbocycles. The first-order valence-corrected chi connectivity index (χ1v) is 8.57. The molecular weight excluding hydrogens is 352 g/mol. The van der Waals surface area contributed by atoms with Gasteiger partial charge in [0.1, 0.15) is 0 Å².